The molecule has 0 unspecified atom stereocenters. The molecule has 0 N–H and O–H groups in total. The maximum absolute atomic E-state index is 13.3. The highest BCUT2D eigenvalue weighted by molar-refractivity contribution is 6.99. The Kier molecular flexibility index (Phi) is 8.23. The molecule has 210 valence electrons. The standard InChI is InChI=1S/C32H37NO6Si/c1-5-36-31(35)28-27-29(39-33(28)21-23-15-9-6-10-16-23)26(38-30(27)34)22-37-40(32(2,3)4,24-17-11-7-12-18-24)25-19-13-8-14-20-25/h6-20,26-29H,5,21-22H2,1-4H3/t26-,27-,28+,29-/m1/s1. The van der Waals surface area contributed by atoms with Crippen molar-refractivity contribution in [3.63, 3.8) is 0 Å². The van der Waals surface area contributed by atoms with Gasteiger partial charge in [0.15, 0.2) is 6.10 Å². The number of carbonyl (C=O) groups excluding carboxylic acids is 2. The van der Waals surface area contributed by atoms with Crippen LogP contribution < -0.4 is 10.4 Å². The Hall–Kier alpha value is -3.30. The number of esters is 2. The average Bonchev–Trinajstić information content (AvgIpc) is 3.47. The Morgan fingerprint density at radius 1 is 0.900 bits per heavy atom. The van der Waals surface area contributed by atoms with Crippen LogP contribution in [0, 0.1) is 5.92 Å². The monoisotopic (exact) mass is 559 g/mol. The molecule has 2 aliphatic heterocycles. The van der Waals surface area contributed by atoms with Gasteiger partial charge in [0.25, 0.3) is 8.32 Å². The Bertz CT molecular complexity index is 1260. The van der Waals surface area contributed by atoms with Crippen LogP contribution in [0.3, 0.4) is 0 Å². The van der Waals surface area contributed by atoms with Gasteiger partial charge in [-0.1, -0.05) is 112 Å². The summed E-state index contributed by atoms with van der Waals surface area (Å²) in [4.78, 5) is 32.7. The summed E-state index contributed by atoms with van der Waals surface area (Å²) >= 11 is 0. The summed E-state index contributed by atoms with van der Waals surface area (Å²) in [6, 6.07) is 29.5. The lowest BCUT2D eigenvalue weighted by Crippen LogP contribution is -2.67. The second-order valence-electron chi connectivity index (χ2n) is 11.3. The summed E-state index contributed by atoms with van der Waals surface area (Å²) in [6.45, 7) is 9.05. The molecule has 40 heavy (non-hydrogen) atoms. The van der Waals surface area contributed by atoms with Crippen molar-refractivity contribution in [3.8, 4) is 0 Å². The summed E-state index contributed by atoms with van der Waals surface area (Å²) in [5, 5.41) is 3.62. The van der Waals surface area contributed by atoms with Crippen molar-refractivity contribution in [1.82, 2.24) is 5.06 Å². The first-order valence-corrected chi connectivity index (χ1v) is 15.8. The molecule has 0 radical (unpaired) electrons. The maximum Gasteiger partial charge on any atom is 0.326 e. The van der Waals surface area contributed by atoms with Crippen LogP contribution in [0.1, 0.15) is 33.3 Å². The number of hydroxylamine groups is 2. The number of cyclic esters (lactones) is 1. The zero-order valence-corrected chi connectivity index (χ0v) is 24.5. The molecular formula is C32H37NO6Si. The third-order valence-electron chi connectivity index (χ3n) is 7.76. The molecule has 4 atom stereocenters. The van der Waals surface area contributed by atoms with Crippen LogP contribution in [0.15, 0.2) is 91.0 Å². The molecule has 0 spiro atoms. The molecular weight excluding hydrogens is 522 g/mol. The van der Waals surface area contributed by atoms with Gasteiger partial charge in [0.05, 0.1) is 19.8 Å². The Labute approximate surface area is 237 Å². The molecule has 3 aromatic rings. The first kappa shape index (κ1) is 28.2. The number of fused-ring (bicyclic) bond motifs is 1. The predicted molar refractivity (Wildman–Crippen MR) is 154 cm³/mol. The minimum Gasteiger partial charge on any atom is -0.465 e. The van der Waals surface area contributed by atoms with Crippen LogP contribution in [0.4, 0.5) is 0 Å². The van der Waals surface area contributed by atoms with Gasteiger partial charge in [-0.2, -0.15) is 5.06 Å². The molecule has 0 bridgehead atoms. The van der Waals surface area contributed by atoms with E-state index in [0.717, 1.165) is 15.9 Å². The van der Waals surface area contributed by atoms with E-state index in [1.165, 1.54) is 0 Å². The quantitative estimate of drug-likeness (QED) is 0.291. The molecule has 7 nitrogen and oxygen atoms in total. The summed E-state index contributed by atoms with van der Waals surface area (Å²) in [5.74, 6) is -1.75. The van der Waals surface area contributed by atoms with Crippen LogP contribution in [0.25, 0.3) is 0 Å². The molecule has 8 heteroatoms. The van der Waals surface area contributed by atoms with E-state index < -0.39 is 44.4 Å². The van der Waals surface area contributed by atoms with E-state index in [0.29, 0.717) is 6.54 Å². The van der Waals surface area contributed by atoms with E-state index in [2.05, 4.69) is 45.0 Å². The second-order valence-corrected chi connectivity index (χ2v) is 15.6. The molecule has 2 fully saturated rings. The van der Waals surface area contributed by atoms with Crippen LogP contribution >= 0.6 is 0 Å². The van der Waals surface area contributed by atoms with Crippen molar-refractivity contribution >= 4 is 30.6 Å². The van der Waals surface area contributed by atoms with Gasteiger partial charge in [-0.25, -0.2) is 0 Å². The van der Waals surface area contributed by atoms with Gasteiger partial charge >= 0.3 is 11.9 Å². The number of benzene rings is 3. The number of hydrogen-bond acceptors (Lipinski definition) is 7. The van der Waals surface area contributed by atoms with E-state index in [9.17, 15) is 9.59 Å². The molecule has 2 heterocycles. The van der Waals surface area contributed by atoms with Gasteiger partial charge in [-0.05, 0) is 27.9 Å². The van der Waals surface area contributed by atoms with E-state index in [1.54, 1.807) is 12.0 Å². The molecule has 0 aliphatic carbocycles. The van der Waals surface area contributed by atoms with Gasteiger partial charge in [-0.15, -0.1) is 0 Å². The molecule has 3 aromatic carbocycles. The number of ether oxygens (including phenoxy) is 2. The van der Waals surface area contributed by atoms with E-state index >= 15 is 0 Å². The number of hydrogen-bond donors (Lipinski definition) is 0. The normalized spacial score (nSPS) is 23.1. The molecule has 2 saturated heterocycles. The lowest BCUT2D eigenvalue weighted by atomic mass is 9.94. The fourth-order valence-electron chi connectivity index (χ4n) is 5.99. The first-order valence-electron chi connectivity index (χ1n) is 13.9. The highest BCUT2D eigenvalue weighted by Crippen LogP contribution is 2.41. The fraction of sp³-hybridized carbons (Fsp3) is 0.375. The van der Waals surface area contributed by atoms with Crippen molar-refractivity contribution in [2.45, 2.75) is 57.5 Å². The van der Waals surface area contributed by atoms with Crippen molar-refractivity contribution in [3.05, 3.63) is 96.6 Å². The third kappa shape index (κ3) is 5.24. The molecule has 0 saturated carbocycles. The summed E-state index contributed by atoms with van der Waals surface area (Å²) in [6.07, 6.45) is -1.33. The third-order valence-corrected chi connectivity index (χ3v) is 12.8. The van der Waals surface area contributed by atoms with Crippen LogP contribution in [-0.4, -0.2) is 56.8 Å². The van der Waals surface area contributed by atoms with Crippen LogP contribution in [0.5, 0.6) is 0 Å². The van der Waals surface area contributed by atoms with E-state index in [-0.39, 0.29) is 18.3 Å². The van der Waals surface area contributed by atoms with Gasteiger partial charge < -0.3 is 13.9 Å². The lowest BCUT2D eigenvalue weighted by molar-refractivity contribution is -0.204. The number of nitrogens with zero attached hydrogens (tertiary/aromatic N) is 1. The summed E-state index contributed by atoms with van der Waals surface area (Å²) in [7, 11) is -2.86. The largest absolute Gasteiger partial charge is 0.465 e. The number of carbonyl (C=O) groups is 2. The smallest absolute Gasteiger partial charge is 0.326 e. The van der Waals surface area contributed by atoms with Crippen LogP contribution in [-0.2, 0) is 34.9 Å². The van der Waals surface area contributed by atoms with Crippen molar-refractivity contribution in [1.29, 1.82) is 0 Å². The predicted octanol–water partition coefficient (Wildman–Crippen LogP) is 3.85. The van der Waals surface area contributed by atoms with Crippen LogP contribution in [0.2, 0.25) is 5.04 Å². The zero-order valence-electron chi connectivity index (χ0n) is 23.5. The van der Waals surface area contributed by atoms with Crippen molar-refractivity contribution in [2.75, 3.05) is 13.2 Å². The molecule has 0 aromatic heterocycles. The minimum absolute atomic E-state index is 0.148. The topological polar surface area (TPSA) is 74.3 Å². The number of rotatable bonds is 9. The highest BCUT2D eigenvalue weighted by Gasteiger charge is 2.61. The molecule has 5 rings (SSSR count). The molecule has 2 aliphatic rings. The maximum atomic E-state index is 13.3. The second kappa shape index (κ2) is 11.7. The van der Waals surface area contributed by atoms with Crippen molar-refractivity contribution < 1.29 is 28.3 Å². The minimum atomic E-state index is -2.86. The highest BCUT2D eigenvalue weighted by atomic mass is 28.4. The van der Waals surface area contributed by atoms with E-state index in [4.69, 9.17) is 18.7 Å². The van der Waals surface area contributed by atoms with E-state index in [1.807, 2.05) is 66.7 Å². The average molecular weight is 560 g/mol. The van der Waals surface area contributed by atoms with Gasteiger partial charge in [0.2, 0.25) is 0 Å². The summed E-state index contributed by atoms with van der Waals surface area (Å²) in [5.41, 5.74) is 0.963. The zero-order chi connectivity index (χ0) is 28.3. The molecule has 0 amide bonds. The SMILES string of the molecule is CCOC(=O)[C@@H]1[C@H]2C(=O)O[C@H](CO[Si](c3ccccc3)(c3ccccc3)C(C)(C)C)[C@H]2ON1Cc1ccccc1. The van der Waals surface area contributed by atoms with Gasteiger partial charge in [0.1, 0.15) is 18.1 Å². The van der Waals surface area contributed by atoms with Gasteiger partial charge in [0, 0.05) is 0 Å². The fourth-order valence-corrected chi connectivity index (χ4v) is 10.6. The Balaban J connectivity index is 1.46. The lowest BCUT2D eigenvalue weighted by Gasteiger charge is -2.43. The van der Waals surface area contributed by atoms with Gasteiger partial charge in [-0.3, -0.25) is 14.4 Å². The first-order chi connectivity index (χ1) is 19.3. The van der Waals surface area contributed by atoms with Crippen molar-refractivity contribution in [2.24, 2.45) is 5.92 Å². The Morgan fingerprint density at radius 3 is 1.98 bits per heavy atom. The summed E-state index contributed by atoms with van der Waals surface area (Å²) < 4.78 is 18.3. The Morgan fingerprint density at radius 2 is 1.45 bits per heavy atom.